The smallest absolute Gasteiger partial charge is 0.255 e. The number of piperidine rings is 1. The Morgan fingerprint density at radius 2 is 1.94 bits per heavy atom. The predicted octanol–water partition coefficient (Wildman–Crippen LogP) is 3.12. The number of benzene rings is 2. The van der Waals surface area contributed by atoms with Gasteiger partial charge in [-0.2, -0.15) is 0 Å². The van der Waals surface area contributed by atoms with E-state index in [0.29, 0.717) is 22.3 Å². The van der Waals surface area contributed by atoms with E-state index in [0.717, 1.165) is 12.8 Å². The molecule has 2 unspecified atom stereocenters. The monoisotopic (exact) mass is 469 g/mol. The Morgan fingerprint density at radius 1 is 1.15 bits per heavy atom. The van der Waals surface area contributed by atoms with Crippen LogP contribution in [0.1, 0.15) is 63.6 Å². The highest BCUT2D eigenvalue weighted by Crippen LogP contribution is 2.43. The van der Waals surface area contributed by atoms with Crippen LogP contribution in [0.25, 0.3) is 0 Å². The molecule has 4 amide bonds. The highest BCUT2D eigenvalue weighted by molar-refractivity contribution is 6.31. The molecule has 2 aliphatic heterocycles. The zero-order chi connectivity index (χ0) is 23.3. The predicted molar refractivity (Wildman–Crippen MR) is 117 cm³/mol. The van der Waals surface area contributed by atoms with E-state index in [9.17, 15) is 23.6 Å². The fourth-order valence-corrected chi connectivity index (χ4v) is 4.82. The third-order valence-electron chi connectivity index (χ3n) is 6.48. The molecule has 1 saturated carbocycles. The van der Waals surface area contributed by atoms with E-state index >= 15 is 0 Å². The number of rotatable bonds is 5. The third kappa shape index (κ3) is 3.99. The summed E-state index contributed by atoms with van der Waals surface area (Å²) in [4.78, 5) is 51.0. The number of hydrogen-bond acceptors (Lipinski definition) is 4. The van der Waals surface area contributed by atoms with Gasteiger partial charge in [0.2, 0.25) is 11.8 Å². The van der Waals surface area contributed by atoms with Gasteiger partial charge in [0.25, 0.3) is 11.8 Å². The molecule has 3 aliphatic rings. The summed E-state index contributed by atoms with van der Waals surface area (Å²) in [5.74, 6) is -1.81. The van der Waals surface area contributed by atoms with Crippen molar-refractivity contribution in [2.24, 2.45) is 5.92 Å². The molecule has 2 aromatic rings. The van der Waals surface area contributed by atoms with Crippen LogP contribution < -0.4 is 10.6 Å². The molecule has 170 valence electrons. The molecule has 2 fully saturated rings. The lowest BCUT2D eigenvalue weighted by molar-refractivity contribution is -0.136. The van der Waals surface area contributed by atoms with Gasteiger partial charge in [0, 0.05) is 24.1 Å². The fraction of sp³-hybridized carbons (Fsp3) is 0.333. The van der Waals surface area contributed by atoms with Crippen molar-refractivity contribution in [2.45, 2.75) is 44.3 Å². The minimum absolute atomic E-state index is 0.00846. The number of carbonyl (C=O) groups excluding carboxylic acids is 4. The van der Waals surface area contributed by atoms with Crippen molar-refractivity contribution in [1.82, 2.24) is 15.5 Å². The van der Waals surface area contributed by atoms with Crippen molar-refractivity contribution in [2.75, 3.05) is 0 Å². The maximum atomic E-state index is 14.0. The Balaban J connectivity index is 1.35. The Bertz CT molecular complexity index is 1200. The van der Waals surface area contributed by atoms with Crippen LogP contribution in [0.15, 0.2) is 36.4 Å². The van der Waals surface area contributed by atoms with Crippen LogP contribution >= 0.6 is 11.6 Å². The summed E-state index contributed by atoms with van der Waals surface area (Å²) >= 11 is 6.17. The van der Waals surface area contributed by atoms with Gasteiger partial charge >= 0.3 is 0 Å². The molecule has 0 bridgehead atoms. The molecule has 33 heavy (non-hydrogen) atoms. The topological polar surface area (TPSA) is 95.6 Å². The highest BCUT2D eigenvalue weighted by Gasteiger charge is 2.40. The first-order valence-electron chi connectivity index (χ1n) is 10.9. The summed E-state index contributed by atoms with van der Waals surface area (Å²) in [6.45, 7) is 0.184. The van der Waals surface area contributed by atoms with E-state index in [4.69, 9.17) is 11.6 Å². The summed E-state index contributed by atoms with van der Waals surface area (Å²) in [5, 5.41) is 5.26. The molecule has 2 aromatic carbocycles. The zero-order valence-electron chi connectivity index (χ0n) is 17.6. The summed E-state index contributed by atoms with van der Waals surface area (Å²) in [5.41, 5.74) is 1.99. The number of carbonyl (C=O) groups is 4. The van der Waals surface area contributed by atoms with Crippen LogP contribution in [0.2, 0.25) is 5.02 Å². The number of nitrogens with zero attached hydrogens (tertiary/aromatic N) is 1. The summed E-state index contributed by atoms with van der Waals surface area (Å²) in [6, 6.07) is 8.24. The van der Waals surface area contributed by atoms with E-state index in [1.165, 1.54) is 11.0 Å². The molecule has 9 heteroatoms. The van der Waals surface area contributed by atoms with Crippen LogP contribution in [-0.2, 0) is 16.1 Å². The lowest BCUT2D eigenvalue weighted by Crippen LogP contribution is -2.52. The first kappa shape index (κ1) is 21.6. The average Bonchev–Trinajstić information content (AvgIpc) is 3.58. The van der Waals surface area contributed by atoms with Gasteiger partial charge in [-0.25, -0.2) is 4.39 Å². The second-order valence-electron chi connectivity index (χ2n) is 8.70. The van der Waals surface area contributed by atoms with Crippen LogP contribution in [0.4, 0.5) is 4.39 Å². The molecular weight excluding hydrogens is 449 g/mol. The maximum Gasteiger partial charge on any atom is 0.255 e. The lowest BCUT2D eigenvalue weighted by Gasteiger charge is -2.29. The lowest BCUT2D eigenvalue weighted by atomic mass is 10.0. The molecule has 5 rings (SSSR count). The Kier molecular flexibility index (Phi) is 5.40. The number of nitrogens with one attached hydrogen (secondary N) is 2. The van der Waals surface area contributed by atoms with Crippen molar-refractivity contribution >= 4 is 35.2 Å². The molecule has 1 saturated heterocycles. The van der Waals surface area contributed by atoms with Crippen molar-refractivity contribution in [1.29, 1.82) is 0 Å². The van der Waals surface area contributed by atoms with Crippen molar-refractivity contribution in [3.63, 3.8) is 0 Å². The first-order chi connectivity index (χ1) is 15.8. The number of halogens is 2. The molecule has 2 N–H and O–H groups in total. The number of fused-ring (bicyclic) bond motifs is 1. The van der Waals surface area contributed by atoms with Crippen LogP contribution in [0.5, 0.6) is 0 Å². The molecule has 2 atom stereocenters. The normalized spacial score (nSPS) is 21.0. The van der Waals surface area contributed by atoms with Gasteiger partial charge in [0.1, 0.15) is 11.9 Å². The van der Waals surface area contributed by atoms with Crippen molar-refractivity contribution < 1.29 is 23.6 Å². The molecule has 7 nitrogen and oxygen atoms in total. The third-order valence-corrected chi connectivity index (χ3v) is 6.88. The second-order valence-corrected chi connectivity index (χ2v) is 9.08. The van der Waals surface area contributed by atoms with E-state index in [1.54, 1.807) is 30.3 Å². The SMILES string of the molecule is O=C1CCC(N2Cc3cc(C(=O)NC(c4cccc(F)c4Cl)C4CC4)ccc3C2=O)C(=O)N1. The van der Waals surface area contributed by atoms with Gasteiger partial charge in [-0.15, -0.1) is 0 Å². The minimum atomic E-state index is -0.714. The zero-order valence-corrected chi connectivity index (χ0v) is 18.3. The van der Waals surface area contributed by atoms with Gasteiger partial charge in [0.05, 0.1) is 11.1 Å². The average molecular weight is 470 g/mol. The Morgan fingerprint density at radius 3 is 2.67 bits per heavy atom. The van der Waals surface area contributed by atoms with Gasteiger partial charge < -0.3 is 10.2 Å². The van der Waals surface area contributed by atoms with Crippen molar-refractivity contribution in [3.05, 3.63) is 69.5 Å². The Labute approximate surface area is 194 Å². The molecule has 0 aromatic heterocycles. The van der Waals surface area contributed by atoms with Gasteiger partial charge in [0.15, 0.2) is 0 Å². The first-order valence-corrected chi connectivity index (χ1v) is 11.2. The van der Waals surface area contributed by atoms with E-state index < -0.39 is 23.8 Å². The Hall–Kier alpha value is -3.26. The largest absolute Gasteiger partial charge is 0.345 e. The van der Waals surface area contributed by atoms with Gasteiger partial charge in [-0.05, 0) is 60.6 Å². The second kappa shape index (κ2) is 8.26. The quantitative estimate of drug-likeness (QED) is 0.658. The molecule has 0 radical (unpaired) electrons. The molecular formula is C24H21ClFN3O4. The number of hydrogen-bond donors (Lipinski definition) is 2. The minimum Gasteiger partial charge on any atom is -0.345 e. The van der Waals surface area contributed by atoms with Crippen LogP contribution in [-0.4, -0.2) is 34.6 Å². The molecule has 0 spiro atoms. The number of imide groups is 1. The van der Waals surface area contributed by atoms with Gasteiger partial charge in [-0.1, -0.05) is 23.7 Å². The number of amides is 4. The summed E-state index contributed by atoms with van der Waals surface area (Å²) in [6.07, 6.45) is 2.28. The van der Waals surface area contributed by atoms with Crippen LogP contribution in [0, 0.1) is 11.7 Å². The highest BCUT2D eigenvalue weighted by atomic mass is 35.5. The van der Waals surface area contributed by atoms with Gasteiger partial charge in [-0.3, -0.25) is 24.5 Å². The van der Waals surface area contributed by atoms with Crippen molar-refractivity contribution in [3.8, 4) is 0 Å². The van der Waals surface area contributed by atoms with E-state index in [-0.39, 0.29) is 48.0 Å². The fourth-order valence-electron chi connectivity index (χ4n) is 4.58. The standard InChI is InChI=1S/C24H21ClFN3O4/c25-20-16(2-1-3-17(20)26)21(12-4-5-12)28-22(31)13-6-7-15-14(10-13)11-29(24(15)33)18-8-9-19(30)27-23(18)32/h1-3,6-7,10,12,18,21H,4-5,8-9,11H2,(H,28,31)(H,27,30,32). The summed E-state index contributed by atoms with van der Waals surface area (Å²) in [7, 11) is 0. The molecule has 1 aliphatic carbocycles. The van der Waals surface area contributed by atoms with Crippen LogP contribution in [0.3, 0.4) is 0 Å². The van der Waals surface area contributed by atoms with E-state index in [1.807, 2.05) is 0 Å². The summed E-state index contributed by atoms with van der Waals surface area (Å²) < 4.78 is 14.0. The van der Waals surface area contributed by atoms with E-state index in [2.05, 4.69) is 10.6 Å². The molecule has 2 heterocycles. The maximum absolute atomic E-state index is 14.0.